The molecule has 0 amide bonds. The zero-order chi connectivity index (χ0) is 5.91. The molecule has 1 N–H and O–H groups in total. The van der Waals surface area contributed by atoms with Gasteiger partial charge in [0.2, 0.25) is 0 Å². The minimum absolute atomic E-state index is 0.0590. The van der Waals surface area contributed by atoms with E-state index in [0.29, 0.717) is 6.42 Å². The van der Waals surface area contributed by atoms with Crippen LogP contribution in [0.2, 0.25) is 5.32 Å². The summed E-state index contributed by atoms with van der Waals surface area (Å²) >= 11 is -4.31. The van der Waals surface area contributed by atoms with Crippen LogP contribution in [0.15, 0.2) is 0 Å². The van der Waals surface area contributed by atoms with E-state index < -0.39 is 13.0 Å². The SMILES string of the molecule is CCC[Se](=O)(=O)O. The quantitative estimate of drug-likeness (QED) is 0.603. The van der Waals surface area contributed by atoms with Crippen molar-refractivity contribution in [2.45, 2.75) is 18.7 Å². The Morgan fingerprint density at radius 3 is 2.00 bits per heavy atom. The molecule has 0 radical (unpaired) electrons. The van der Waals surface area contributed by atoms with E-state index in [2.05, 4.69) is 0 Å². The van der Waals surface area contributed by atoms with E-state index in [-0.39, 0.29) is 5.32 Å². The summed E-state index contributed by atoms with van der Waals surface area (Å²) < 4.78 is 27.8. The Morgan fingerprint density at radius 1 is 1.57 bits per heavy atom. The van der Waals surface area contributed by atoms with Crippen molar-refractivity contribution in [3.05, 3.63) is 0 Å². The summed E-state index contributed by atoms with van der Waals surface area (Å²) in [6.07, 6.45) is 0.503. The van der Waals surface area contributed by atoms with Gasteiger partial charge < -0.3 is 0 Å². The predicted molar refractivity (Wildman–Crippen MR) is 24.4 cm³/mol. The molecule has 0 saturated heterocycles. The molecule has 0 aromatic heterocycles. The van der Waals surface area contributed by atoms with E-state index in [0.717, 1.165) is 0 Å². The monoisotopic (exact) mass is 172 g/mol. The molecular weight excluding hydrogens is 163 g/mol. The van der Waals surface area contributed by atoms with Crippen molar-refractivity contribution in [1.29, 1.82) is 0 Å². The van der Waals surface area contributed by atoms with Crippen LogP contribution in [0, 0.1) is 0 Å². The van der Waals surface area contributed by atoms with E-state index in [1.165, 1.54) is 0 Å². The first-order chi connectivity index (χ1) is 3.06. The van der Waals surface area contributed by atoms with Gasteiger partial charge in [-0.1, -0.05) is 0 Å². The van der Waals surface area contributed by atoms with Crippen molar-refractivity contribution >= 4 is 13.0 Å². The van der Waals surface area contributed by atoms with Crippen molar-refractivity contribution in [2.24, 2.45) is 0 Å². The van der Waals surface area contributed by atoms with Gasteiger partial charge in [0.25, 0.3) is 0 Å². The molecule has 3 nitrogen and oxygen atoms in total. The Hall–Kier alpha value is 0.0795. The second-order valence-electron chi connectivity index (χ2n) is 1.29. The van der Waals surface area contributed by atoms with Crippen molar-refractivity contribution in [1.82, 2.24) is 0 Å². The molecule has 0 spiro atoms. The van der Waals surface area contributed by atoms with Crippen molar-refractivity contribution in [2.75, 3.05) is 0 Å². The van der Waals surface area contributed by atoms with E-state index in [4.69, 9.17) is 4.19 Å². The Kier molecular flexibility index (Phi) is 2.43. The van der Waals surface area contributed by atoms with Crippen molar-refractivity contribution in [3.8, 4) is 0 Å². The standard InChI is InChI=1S/C3H8O3Se/c1-2-3-7(4,5)6/h2-3H2,1H3,(H,4,5,6). The average Bonchev–Trinajstić information content (AvgIpc) is 1.30. The first-order valence-electron chi connectivity index (χ1n) is 2.01. The van der Waals surface area contributed by atoms with Gasteiger partial charge in [0.05, 0.1) is 0 Å². The molecule has 0 unspecified atom stereocenters. The van der Waals surface area contributed by atoms with Gasteiger partial charge in [-0.25, -0.2) is 0 Å². The molecule has 7 heavy (non-hydrogen) atoms. The summed E-state index contributed by atoms with van der Waals surface area (Å²) in [5.41, 5.74) is 0. The molecule has 0 rings (SSSR count). The van der Waals surface area contributed by atoms with E-state index in [1.54, 1.807) is 6.92 Å². The molecular formula is C3H8O3Se. The van der Waals surface area contributed by atoms with Gasteiger partial charge in [0.15, 0.2) is 0 Å². The van der Waals surface area contributed by atoms with Crippen molar-refractivity contribution in [3.63, 3.8) is 0 Å². The Balaban J connectivity index is 3.60. The average molecular weight is 171 g/mol. The summed E-state index contributed by atoms with van der Waals surface area (Å²) in [5, 5.41) is -0.0590. The molecule has 0 aliphatic carbocycles. The minimum atomic E-state index is -4.31. The van der Waals surface area contributed by atoms with Gasteiger partial charge >= 0.3 is 43.6 Å². The number of hydrogen-bond donors (Lipinski definition) is 1. The van der Waals surface area contributed by atoms with Gasteiger partial charge in [0, 0.05) is 0 Å². The third-order valence-corrected chi connectivity index (χ3v) is 2.40. The van der Waals surface area contributed by atoms with Gasteiger partial charge in [-0.05, 0) is 0 Å². The fraction of sp³-hybridized carbons (Fsp3) is 1.00. The van der Waals surface area contributed by atoms with E-state index in [1.807, 2.05) is 0 Å². The van der Waals surface area contributed by atoms with Gasteiger partial charge in [-0.15, -0.1) is 0 Å². The summed E-state index contributed by atoms with van der Waals surface area (Å²) in [7, 11) is 0. The third-order valence-electron chi connectivity index (χ3n) is 0.462. The third kappa shape index (κ3) is 6.08. The van der Waals surface area contributed by atoms with Gasteiger partial charge in [-0.3, -0.25) is 0 Å². The molecule has 0 atom stereocenters. The maximum absolute atomic E-state index is 9.86. The van der Waals surface area contributed by atoms with E-state index in [9.17, 15) is 7.67 Å². The molecule has 0 aromatic carbocycles. The van der Waals surface area contributed by atoms with Crippen LogP contribution >= 0.6 is 0 Å². The molecule has 4 heteroatoms. The topological polar surface area (TPSA) is 54.4 Å². The van der Waals surface area contributed by atoms with Gasteiger partial charge in [-0.2, -0.15) is 0 Å². The summed E-state index contributed by atoms with van der Waals surface area (Å²) in [4.78, 5) is 0. The van der Waals surface area contributed by atoms with Crippen LogP contribution in [0.25, 0.3) is 0 Å². The maximum atomic E-state index is 9.86. The normalized spacial score (nSPS) is 11.7. The molecule has 0 bridgehead atoms. The van der Waals surface area contributed by atoms with Crippen LogP contribution in [-0.2, 0) is 7.67 Å². The Morgan fingerprint density at radius 2 is 2.00 bits per heavy atom. The zero-order valence-electron chi connectivity index (χ0n) is 4.09. The molecule has 0 aliphatic heterocycles. The predicted octanol–water partition coefficient (Wildman–Crippen LogP) is 0.189. The molecule has 0 saturated carbocycles. The van der Waals surface area contributed by atoms with Crippen LogP contribution < -0.4 is 0 Å². The Labute approximate surface area is 44.3 Å². The summed E-state index contributed by atoms with van der Waals surface area (Å²) in [6, 6.07) is 0. The molecule has 0 heterocycles. The molecule has 0 fully saturated rings. The zero-order valence-corrected chi connectivity index (χ0v) is 5.80. The van der Waals surface area contributed by atoms with Gasteiger partial charge in [0.1, 0.15) is 0 Å². The van der Waals surface area contributed by atoms with Crippen LogP contribution in [0.1, 0.15) is 13.3 Å². The summed E-state index contributed by atoms with van der Waals surface area (Å²) in [5.74, 6) is 0. The first kappa shape index (κ1) is 7.08. The second-order valence-corrected chi connectivity index (χ2v) is 4.58. The number of rotatable bonds is 2. The fourth-order valence-corrected chi connectivity index (χ4v) is 1.34. The van der Waals surface area contributed by atoms with Crippen LogP contribution in [0.3, 0.4) is 0 Å². The van der Waals surface area contributed by atoms with Crippen molar-refractivity contribution < 1.29 is 11.9 Å². The number of hydrogen-bond acceptors (Lipinski definition) is 2. The molecule has 0 aromatic rings. The van der Waals surface area contributed by atoms with Crippen LogP contribution in [0.4, 0.5) is 0 Å². The second kappa shape index (κ2) is 2.40. The Bertz CT molecular complexity index is 123. The first-order valence-corrected chi connectivity index (χ1v) is 5.39. The fourth-order valence-electron chi connectivity index (χ4n) is 0.258. The van der Waals surface area contributed by atoms with Crippen LogP contribution in [0.5, 0.6) is 0 Å². The van der Waals surface area contributed by atoms with E-state index >= 15 is 0 Å². The molecule has 44 valence electrons. The van der Waals surface area contributed by atoms with Crippen LogP contribution in [-0.4, -0.2) is 17.2 Å². The molecule has 0 aliphatic rings. The summed E-state index contributed by atoms with van der Waals surface area (Å²) in [6.45, 7) is 1.71.